The lowest BCUT2D eigenvalue weighted by molar-refractivity contribution is -0.387. The minimum absolute atomic E-state index is 0.0692. The molecule has 0 unspecified atom stereocenters. The van der Waals surface area contributed by atoms with Crippen molar-refractivity contribution in [3.8, 4) is 5.75 Å². The molecule has 0 amide bonds. The van der Waals surface area contributed by atoms with E-state index in [1.807, 2.05) is 0 Å². The molecule has 0 bridgehead atoms. The van der Waals surface area contributed by atoms with Crippen LogP contribution in [0, 0.1) is 15.9 Å². The van der Waals surface area contributed by atoms with Crippen LogP contribution in [0.4, 0.5) is 10.1 Å². The summed E-state index contributed by atoms with van der Waals surface area (Å²) < 4.78 is 19.8. The minimum Gasteiger partial charge on any atom is -0.489 e. The van der Waals surface area contributed by atoms with Crippen molar-refractivity contribution in [1.82, 2.24) is 0 Å². The summed E-state index contributed by atoms with van der Waals surface area (Å²) in [5.74, 6) is -0.554. The lowest BCUT2D eigenvalue weighted by Crippen LogP contribution is -2.02. The van der Waals surface area contributed by atoms with Gasteiger partial charge in [0.1, 0.15) is 12.4 Å². The Bertz CT molecular complexity index is 705. The van der Waals surface area contributed by atoms with Gasteiger partial charge in [-0.1, -0.05) is 28.1 Å². The predicted octanol–water partition coefficient (Wildman–Crippen LogP) is 3.89. The van der Waals surface area contributed by atoms with Crippen LogP contribution in [0.1, 0.15) is 15.9 Å². The Morgan fingerprint density at radius 1 is 1.33 bits per heavy atom. The summed E-state index contributed by atoms with van der Waals surface area (Å²) in [6.45, 7) is -0.173. The molecule has 0 spiro atoms. The number of ether oxygens (including phenoxy) is 1. The van der Waals surface area contributed by atoms with E-state index in [-0.39, 0.29) is 12.2 Å². The molecule has 7 heteroatoms. The molecule has 2 aromatic carbocycles. The summed E-state index contributed by atoms with van der Waals surface area (Å²) in [5, 5.41) is 10.6. The van der Waals surface area contributed by atoms with Crippen LogP contribution in [-0.4, -0.2) is 11.2 Å². The number of halogens is 2. The first-order valence-corrected chi connectivity index (χ1v) is 6.61. The van der Waals surface area contributed by atoms with E-state index in [1.54, 1.807) is 12.1 Å². The van der Waals surface area contributed by atoms with Gasteiger partial charge in [0, 0.05) is 21.7 Å². The van der Waals surface area contributed by atoms with Crippen molar-refractivity contribution in [3.05, 3.63) is 67.9 Å². The Morgan fingerprint density at radius 3 is 2.76 bits per heavy atom. The Kier molecular flexibility index (Phi) is 4.64. The monoisotopic (exact) mass is 353 g/mol. The van der Waals surface area contributed by atoms with E-state index in [4.69, 9.17) is 4.74 Å². The fraction of sp³-hybridized carbons (Fsp3) is 0.0714. The third-order valence-corrected chi connectivity index (χ3v) is 3.47. The second-order valence-corrected chi connectivity index (χ2v) is 4.95. The molecule has 5 nitrogen and oxygen atoms in total. The van der Waals surface area contributed by atoms with Crippen molar-refractivity contribution in [3.63, 3.8) is 0 Å². The van der Waals surface area contributed by atoms with Gasteiger partial charge in [0.15, 0.2) is 6.29 Å². The number of nitro groups is 1. The molecule has 0 N–H and O–H groups in total. The molecule has 0 aliphatic carbocycles. The second-order valence-electron chi connectivity index (χ2n) is 4.10. The van der Waals surface area contributed by atoms with Gasteiger partial charge in [0.05, 0.1) is 4.92 Å². The van der Waals surface area contributed by atoms with Gasteiger partial charge in [-0.05, 0) is 18.2 Å². The van der Waals surface area contributed by atoms with Crippen LogP contribution in [0.5, 0.6) is 5.75 Å². The van der Waals surface area contributed by atoms with Gasteiger partial charge in [-0.15, -0.1) is 0 Å². The van der Waals surface area contributed by atoms with Crippen LogP contribution >= 0.6 is 15.9 Å². The number of hydrogen-bond donors (Lipinski definition) is 0. The van der Waals surface area contributed by atoms with Crippen LogP contribution in [0.2, 0.25) is 0 Å². The molecule has 0 saturated carbocycles. The Hall–Kier alpha value is -2.28. The van der Waals surface area contributed by atoms with Crippen molar-refractivity contribution in [2.45, 2.75) is 6.61 Å². The van der Waals surface area contributed by atoms with Crippen LogP contribution in [0.25, 0.3) is 0 Å². The van der Waals surface area contributed by atoms with E-state index in [0.717, 1.165) is 6.07 Å². The van der Waals surface area contributed by atoms with Crippen molar-refractivity contribution in [1.29, 1.82) is 0 Å². The van der Waals surface area contributed by atoms with Crippen LogP contribution in [-0.2, 0) is 6.61 Å². The summed E-state index contributed by atoms with van der Waals surface area (Å²) in [6, 6.07) is 8.60. The van der Waals surface area contributed by atoms with Gasteiger partial charge in [-0.3, -0.25) is 14.9 Å². The molecule has 2 rings (SSSR count). The molecule has 0 aliphatic heterocycles. The summed E-state index contributed by atoms with van der Waals surface area (Å²) in [7, 11) is 0. The molecule has 108 valence electrons. The Balaban J connectivity index is 2.19. The number of nitro benzene ring substituents is 1. The van der Waals surface area contributed by atoms with Crippen molar-refractivity contribution < 1.29 is 18.8 Å². The largest absolute Gasteiger partial charge is 0.489 e. The van der Waals surface area contributed by atoms with Crippen LogP contribution in [0.3, 0.4) is 0 Å². The van der Waals surface area contributed by atoms with Gasteiger partial charge in [0.2, 0.25) is 5.82 Å². The molecule has 0 saturated heterocycles. The standard InChI is InChI=1S/C14H9BrFNO4/c15-12-5-4-11(6-10(12)7-18)21-8-9-2-1-3-13(14(9)16)17(19)20/h1-7H,8H2. The molecule has 0 heterocycles. The fourth-order valence-corrected chi connectivity index (χ4v) is 2.02. The van der Waals surface area contributed by atoms with Crippen LogP contribution in [0.15, 0.2) is 40.9 Å². The van der Waals surface area contributed by atoms with Gasteiger partial charge >= 0.3 is 5.69 Å². The number of benzene rings is 2. The zero-order valence-corrected chi connectivity index (χ0v) is 12.2. The van der Waals surface area contributed by atoms with E-state index < -0.39 is 16.4 Å². The number of hydrogen-bond acceptors (Lipinski definition) is 4. The number of rotatable bonds is 5. The number of carbonyl (C=O) groups excluding carboxylic acids is 1. The average molecular weight is 354 g/mol. The quantitative estimate of drug-likeness (QED) is 0.464. The number of carbonyl (C=O) groups is 1. The van der Waals surface area contributed by atoms with Crippen molar-refractivity contribution in [2.24, 2.45) is 0 Å². The first-order chi connectivity index (χ1) is 10.0. The molecule has 0 aliphatic rings. The summed E-state index contributed by atoms with van der Waals surface area (Å²) in [4.78, 5) is 20.7. The zero-order valence-electron chi connectivity index (χ0n) is 10.6. The van der Waals surface area contributed by atoms with E-state index in [1.165, 1.54) is 18.2 Å². The number of aldehydes is 1. The van der Waals surface area contributed by atoms with E-state index in [9.17, 15) is 19.3 Å². The minimum atomic E-state index is -0.921. The molecule has 21 heavy (non-hydrogen) atoms. The van der Waals surface area contributed by atoms with E-state index in [2.05, 4.69) is 15.9 Å². The molecule has 2 aromatic rings. The van der Waals surface area contributed by atoms with Gasteiger partial charge in [-0.2, -0.15) is 4.39 Å². The fourth-order valence-electron chi connectivity index (χ4n) is 1.68. The van der Waals surface area contributed by atoms with Gasteiger partial charge in [-0.25, -0.2) is 0 Å². The summed E-state index contributed by atoms with van der Waals surface area (Å²) >= 11 is 3.20. The highest BCUT2D eigenvalue weighted by Gasteiger charge is 2.17. The molecule has 0 fully saturated rings. The smallest absolute Gasteiger partial charge is 0.305 e. The highest BCUT2D eigenvalue weighted by atomic mass is 79.9. The zero-order chi connectivity index (χ0) is 15.4. The molecule has 0 atom stereocenters. The SMILES string of the molecule is O=Cc1cc(OCc2cccc([N+](=O)[O-])c2F)ccc1Br. The molecule has 0 radical (unpaired) electrons. The maximum Gasteiger partial charge on any atom is 0.305 e. The topological polar surface area (TPSA) is 69.4 Å². The van der Waals surface area contributed by atoms with E-state index >= 15 is 0 Å². The van der Waals surface area contributed by atoms with Crippen molar-refractivity contribution in [2.75, 3.05) is 0 Å². The average Bonchev–Trinajstić information content (AvgIpc) is 2.47. The van der Waals surface area contributed by atoms with Crippen molar-refractivity contribution >= 4 is 27.9 Å². The lowest BCUT2D eigenvalue weighted by Gasteiger charge is -2.08. The van der Waals surface area contributed by atoms with E-state index in [0.29, 0.717) is 22.1 Å². The second kappa shape index (κ2) is 6.45. The summed E-state index contributed by atoms with van der Waals surface area (Å²) in [6.07, 6.45) is 0.658. The lowest BCUT2D eigenvalue weighted by atomic mass is 10.2. The maximum absolute atomic E-state index is 13.9. The normalized spacial score (nSPS) is 10.2. The molecule has 0 aromatic heterocycles. The maximum atomic E-state index is 13.9. The third kappa shape index (κ3) is 3.43. The first-order valence-electron chi connectivity index (χ1n) is 5.82. The highest BCUT2D eigenvalue weighted by molar-refractivity contribution is 9.10. The highest BCUT2D eigenvalue weighted by Crippen LogP contribution is 2.24. The van der Waals surface area contributed by atoms with Crippen LogP contribution < -0.4 is 4.74 Å². The first kappa shape index (κ1) is 15.1. The molecular weight excluding hydrogens is 345 g/mol. The predicted molar refractivity (Wildman–Crippen MR) is 76.9 cm³/mol. The van der Waals surface area contributed by atoms with Gasteiger partial charge in [0.25, 0.3) is 0 Å². The van der Waals surface area contributed by atoms with Gasteiger partial charge < -0.3 is 4.74 Å². The Labute approximate surface area is 127 Å². The molecular formula is C14H9BrFNO4. The third-order valence-electron chi connectivity index (χ3n) is 2.74. The summed E-state index contributed by atoms with van der Waals surface area (Å²) in [5.41, 5.74) is -0.132. The Morgan fingerprint density at radius 2 is 2.10 bits per heavy atom. The number of nitrogens with zero attached hydrogens (tertiary/aromatic N) is 1.